The summed E-state index contributed by atoms with van der Waals surface area (Å²) < 4.78 is 19.2. The van der Waals surface area contributed by atoms with Crippen LogP contribution in [-0.2, 0) is 25.4 Å². The van der Waals surface area contributed by atoms with Gasteiger partial charge < -0.3 is 14.0 Å². The van der Waals surface area contributed by atoms with E-state index in [4.69, 9.17) is 14.0 Å². The van der Waals surface area contributed by atoms with Gasteiger partial charge in [-0.3, -0.25) is 9.48 Å². The van der Waals surface area contributed by atoms with Crippen LogP contribution in [0.15, 0.2) is 6.20 Å². The fraction of sp³-hybridized carbons (Fsp3) is 0.765. The van der Waals surface area contributed by atoms with Crippen molar-refractivity contribution < 1.29 is 18.8 Å². The minimum atomic E-state index is -0.507. The van der Waals surface area contributed by atoms with Crippen LogP contribution >= 0.6 is 0 Å². The normalized spacial score (nSPS) is 20.2. The monoisotopic (exact) mass is 336 g/mol. The SMILES string of the molecule is CCCn1cc(C(CC(=O)OC)B2OC(C)(C)C(C)(C)O2)c(C)n1. The number of nitrogens with zero attached hydrogens (tertiary/aromatic N) is 2. The Morgan fingerprint density at radius 1 is 1.33 bits per heavy atom. The van der Waals surface area contributed by atoms with Crippen molar-refractivity contribution >= 4 is 13.1 Å². The summed E-state index contributed by atoms with van der Waals surface area (Å²) in [4.78, 5) is 12.0. The average Bonchev–Trinajstić information content (AvgIpc) is 2.93. The van der Waals surface area contributed by atoms with Crippen LogP contribution in [0, 0.1) is 6.92 Å². The Morgan fingerprint density at radius 3 is 2.42 bits per heavy atom. The Labute approximate surface area is 145 Å². The molecule has 1 aliphatic rings. The summed E-state index contributed by atoms with van der Waals surface area (Å²) in [6.07, 6.45) is 3.20. The third-order valence-corrected chi connectivity index (χ3v) is 5.05. The second-order valence-electron chi connectivity index (χ2n) is 7.44. The Bertz CT molecular complexity index is 581. The van der Waals surface area contributed by atoms with Crippen LogP contribution in [-0.4, -0.2) is 41.2 Å². The first-order valence-electron chi connectivity index (χ1n) is 8.57. The molecular weight excluding hydrogens is 307 g/mol. The lowest BCUT2D eigenvalue weighted by atomic mass is 9.66. The van der Waals surface area contributed by atoms with Gasteiger partial charge in [0, 0.05) is 18.6 Å². The number of esters is 1. The van der Waals surface area contributed by atoms with E-state index in [-0.39, 0.29) is 18.2 Å². The van der Waals surface area contributed by atoms with Crippen LogP contribution in [0.4, 0.5) is 0 Å². The van der Waals surface area contributed by atoms with Crippen LogP contribution in [0.2, 0.25) is 0 Å². The van der Waals surface area contributed by atoms with E-state index < -0.39 is 18.3 Å². The van der Waals surface area contributed by atoms with Crippen LogP contribution in [0.3, 0.4) is 0 Å². The quantitative estimate of drug-likeness (QED) is 0.590. The summed E-state index contributed by atoms with van der Waals surface area (Å²) >= 11 is 0. The molecule has 0 radical (unpaired) electrons. The van der Waals surface area contributed by atoms with Crippen LogP contribution < -0.4 is 0 Å². The van der Waals surface area contributed by atoms with E-state index in [0.29, 0.717) is 0 Å². The first kappa shape index (κ1) is 19.0. The molecule has 24 heavy (non-hydrogen) atoms. The van der Waals surface area contributed by atoms with Gasteiger partial charge in [0.2, 0.25) is 0 Å². The molecule has 134 valence electrons. The maximum Gasteiger partial charge on any atom is 0.466 e. The number of hydrogen-bond acceptors (Lipinski definition) is 5. The molecule has 1 saturated heterocycles. The molecule has 1 atom stereocenters. The van der Waals surface area contributed by atoms with Gasteiger partial charge in [-0.05, 0) is 46.6 Å². The molecule has 2 heterocycles. The zero-order valence-corrected chi connectivity index (χ0v) is 15.9. The number of hydrogen-bond donors (Lipinski definition) is 0. The molecule has 0 saturated carbocycles. The van der Waals surface area contributed by atoms with Gasteiger partial charge in [0.1, 0.15) is 0 Å². The van der Waals surface area contributed by atoms with Gasteiger partial charge in [-0.15, -0.1) is 0 Å². The molecule has 1 fully saturated rings. The van der Waals surface area contributed by atoms with Gasteiger partial charge in [0.05, 0.1) is 30.4 Å². The van der Waals surface area contributed by atoms with Gasteiger partial charge in [0.15, 0.2) is 0 Å². The smallest absolute Gasteiger partial charge is 0.466 e. The Morgan fingerprint density at radius 2 is 1.92 bits per heavy atom. The highest BCUT2D eigenvalue weighted by Crippen LogP contribution is 2.42. The van der Waals surface area contributed by atoms with E-state index in [9.17, 15) is 4.79 Å². The molecule has 2 rings (SSSR count). The van der Waals surface area contributed by atoms with Gasteiger partial charge in [-0.1, -0.05) is 6.92 Å². The number of carbonyl (C=O) groups excluding carboxylic acids is 1. The molecule has 6 nitrogen and oxygen atoms in total. The lowest BCUT2D eigenvalue weighted by Crippen LogP contribution is -2.41. The molecule has 0 N–H and O–H groups in total. The van der Waals surface area contributed by atoms with Crippen molar-refractivity contribution in [1.29, 1.82) is 0 Å². The van der Waals surface area contributed by atoms with Crippen molar-refractivity contribution in [3.05, 3.63) is 17.5 Å². The second kappa shape index (κ2) is 6.88. The maximum atomic E-state index is 12.0. The highest BCUT2D eigenvalue weighted by Gasteiger charge is 2.54. The second-order valence-corrected chi connectivity index (χ2v) is 7.44. The number of rotatable bonds is 6. The Kier molecular flexibility index (Phi) is 5.45. The van der Waals surface area contributed by atoms with E-state index in [1.807, 2.05) is 45.5 Å². The van der Waals surface area contributed by atoms with Crippen LogP contribution in [0.1, 0.15) is 64.5 Å². The predicted octanol–water partition coefficient (Wildman–Crippen LogP) is 2.88. The summed E-state index contributed by atoms with van der Waals surface area (Å²) in [5, 5.41) is 4.55. The highest BCUT2D eigenvalue weighted by atomic mass is 16.7. The third kappa shape index (κ3) is 3.67. The van der Waals surface area contributed by atoms with Crippen molar-refractivity contribution in [2.45, 2.75) is 77.9 Å². The molecule has 0 amide bonds. The van der Waals surface area contributed by atoms with Crippen molar-refractivity contribution in [2.75, 3.05) is 7.11 Å². The number of aryl methyl sites for hydroxylation is 2. The molecular formula is C17H29BN2O4. The summed E-state index contributed by atoms with van der Waals surface area (Å²) in [7, 11) is 0.892. The van der Waals surface area contributed by atoms with Crippen LogP contribution in [0.5, 0.6) is 0 Å². The lowest BCUT2D eigenvalue weighted by molar-refractivity contribution is -0.140. The largest absolute Gasteiger partial charge is 0.469 e. The van der Waals surface area contributed by atoms with Crippen molar-refractivity contribution in [2.24, 2.45) is 0 Å². The topological polar surface area (TPSA) is 62.6 Å². The van der Waals surface area contributed by atoms with E-state index in [1.165, 1.54) is 7.11 Å². The molecule has 0 aliphatic carbocycles. The zero-order valence-electron chi connectivity index (χ0n) is 15.9. The molecule has 0 spiro atoms. The fourth-order valence-electron chi connectivity index (χ4n) is 2.91. The first-order chi connectivity index (χ1) is 11.1. The minimum absolute atomic E-state index is 0.200. The van der Waals surface area contributed by atoms with E-state index in [2.05, 4.69) is 12.0 Å². The molecule has 1 unspecified atom stereocenters. The van der Waals surface area contributed by atoms with E-state index in [1.54, 1.807) is 0 Å². The molecule has 0 aromatic carbocycles. The number of aromatic nitrogens is 2. The summed E-state index contributed by atoms with van der Waals surface area (Å²) in [5.74, 6) is -0.526. The van der Waals surface area contributed by atoms with Crippen molar-refractivity contribution in [1.82, 2.24) is 9.78 Å². The number of ether oxygens (including phenoxy) is 1. The van der Waals surface area contributed by atoms with Crippen LogP contribution in [0.25, 0.3) is 0 Å². The van der Waals surface area contributed by atoms with Gasteiger partial charge in [-0.2, -0.15) is 5.10 Å². The third-order valence-electron chi connectivity index (χ3n) is 5.05. The van der Waals surface area contributed by atoms with Gasteiger partial charge >= 0.3 is 13.1 Å². The van der Waals surface area contributed by atoms with Gasteiger partial charge in [-0.25, -0.2) is 0 Å². The highest BCUT2D eigenvalue weighted by molar-refractivity contribution is 6.48. The molecule has 1 aliphatic heterocycles. The fourth-order valence-corrected chi connectivity index (χ4v) is 2.91. The Balaban J connectivity index is 2.34. The van der Waals surface area contributed by atoms with E-state index >= 15 is 0 Å². The summed E-state index contributed by atoms with van der Waals surface area (Å²) in [6, 6.07) is 0. The zero-order chi connectivity index (χ0) is 18.1. The minimum Gasteiger partial charge on any atom is -0.469 e. The molecule has 1 aromatic rings. The lowest BCUT2D eigenvalue weighted by Gasteiger charge is -2.32. The van der Waals surface area contributed by atoms with Gasteiger partial charge in [0.25, 0.3) is 0 Å². The standard InChI is InChI=1S/C17H29BN2O4/c1-8-9-20-11-13(12(2)19-20)14(10-15(21)22-7)18-23-16(3,4)17(5,6)24-18/h11,14H,8-10H2,1-7H3. The summed E-state index contributed by atoms with van der Waals surface area (Å²) in [5.41, 5.74) is 0.984. The summed E-state index contributed by atoms with van der Waals surface area (Å²) in [6.45, 7) is 12.9. The molecule has 0 bridgehead atoms. The first-order valence-corrected chi connectivity index (χ1v) is 8.57. The maximum absolute atomic E-state index is 12.0. The number of methoxy groups -OCH3 is 1. The van der Waals surface area contributed by atoms with Crippen molar-refractivity contribution in [3.63, 3.8) is 0 Å². The molecule has 1 aromatic heterocycles. The number of carbonyl (C=O) groups is 1. The van der Waals surface area contributed by atoms with Crippen molar-refractivity contribution in [3.8, 4) is 0 Å². The Hall–Kier alpha value is -1.34. The molecule has 7 heteroatoms. The average molecular weight is 336 g/mol. The van der Waals surface area contributed by atoms with E-state index in [0.717, 1.165) is 24.2 Å². The predicted molar refractivity (Wildman–Crippen MR) is 92.7 cm³/mol.